The van der Waals surface area contributed by atoms with Gasteiger partial charge in [0.05, 0.1) is 0 Å². The van der Waals surface area contributed by atoms with Gasteiger partial charge in [-0.15, -0.1) is 0 Å². The van der Waals surface area contributed by atoms with E-state index in [9.17, 15) is 0 Å². The second kappa shape index (κ2) is 12.4. The summed E-state index contributed by atoms with van der Waals surface area (Å²) in [6.07, 6.45) is 0. The minimum atomic E-state index is -0.153. The van der Waals surface area contributed by atoms with Crippen LogP contribution < -0.4 is 0 Å². The highest BCUT2D eigenvalue weighted by Crippen LogP contribution is 2.51. The Morgan fingerprint density at radius 1 is 0.429 bits per heavy atom. The Hall–Kier alpha value is -7.24. The van der Waals surface area contributed by atoms with Crippen LogP contribution in [0.2, 0.25) is 0 Å². The molecule has 0 radical (unpaired) electrons. The standard InChI is InChI=1S/C51H34N4O/c1-51(2)41-26-9-8-22-39(41)45-40(25-13-27-42(45)51)49-54-47(53-48(55-49)38-24-11-17-31-14-6-7-21-36(31)38)35-20-10-19-34(30-35)37-23-12-18-32-28-29-43-46(44(32)37)56-50(52-43)33-15-4-3-5-16-33/h3-30H,1-2H3. The molecular formula is C51H34N4O. The van der Waals surface area contributed by atoms with Crippen molar-refractivity contribution in [2.24, 2.45) is 0 Å². The fraction of sp³-hybridized carbons (Fsp3) is 0.0588. The molecule has 2 heterocycles. The molecule has 0 amide bonds. The molecule has 10 aromatic rings. The Morgan fingerprint density at radius 3 is 1.93 bits per heavy atom. The Bertz CT molecular complexity index is 3170. The first kappa shape index (κ1) is 32.2. The summed E-state index contributed by atoms with van der Waals surface area (Å²) in [7, 11) is 0. The van der Waals surface area contributed by atoms with Crippen LogP contribution >= 0.6 is 0 Å². The van der Waals surface area contributed by atoms with Crippen molar-refractivity contribution in [3.8, 4) is 67.9 Å². The Morgan fingerprint density at radius 2 is 1.04 bits per heavy atom. The molecule has 0 N–H and O–H groups in total. The van der Waals surface area contributed by atoms with E-state index in [1.807, 2.05) is 36.4 Å². The van der Waals surface area contributed by atoms with Crippen LogP contribution in [0.15, 0.2) is 174 Å². The summed E-state index contributed by atoms with van der Waals surface area (Å²) in [6.45, 7) is 4.60. The average Bonchev–Trinajstić information content (AvgIpc) is 3.80. The number of rotatable bonds is 5. The maximum Gasteiger partial charge on any atom is 0.227 e. The number of nitrogens with zero attached hydrogens (tertiary/aromatic N) is 4. The van der Waals surface area contributed by atoms with Crippen LogP contribution in [0.25, 0.3) is 101 Å². The van der Waals surface area contributed by atoms with Crippen LogP contribution in [0.4, 0.5) is 0 Å². The lowest BCUT2D eigenvalue weighted by Gasteiger charge is -2.21. The summed E-state index contributed by atoms with van der Waals surface area (Å²) in [4.78, 5) is 20.7. The molecule has 0 spiro atoms. The number of benzene rings is 8. The predicted octanol–water partition coefficient (Wildman–Crippen LogP) is 13.0. The van der Waals surface area contributed by atoms with Gasteiger partial charge in [0.2, 0.25) is 5.89 Å². The Kier molecular flexibility index (Phi) is 7.13. The van der Waals surface area contributed by atoms with E-state index < -0.39 is 0 Å². The number of oxazole rings is 1. The first-order valence-electron chi connectivity index (χ1n) is 19.0. The van der Waals surface area contributed by atoms with Crippen molar-refractivity contribution in [3.63, 3.8) is 0 Å². The third-order valence-electron chi connectivity index (χ3n) is 11.4. The molecule has 1 aliphatic rings. The van der Waals surface area contributed by atoms with E-state index in [0.29, 0.717) is 23.4 Å². The molecule has 5 nitrogen and oxygen atoms in total. The number of hydrogen-bond donors (Lipinski definition) is 0. The highest BCUT2D eigenvalue weighted by Gasteiger charge is 2.37. The lowest BCUT2D eigenvalue weighted by atomic mass is 9.82. The Balaban J connectivity index is 1.12. The fourth-order valence-corrected chi connectivity index (χ4v) is 8.63. The Labute approximate surface area is 324 Å². The summed E-state index contributed by atoms with van der Waals surface area (Å²) in [6, 6.07) is 59.1. The maximum absolute atomic E-state index is 6.54. The van der Waals surface area contributed by atoms with E-state index in [4.69, 9.17) is 24.4 Å². The minimum Gasteiger partial charge on any atom is -0.435 e. The number of hydrogen-bond acceptors (Lipinski definition) is 5. The topological polar surface area (TPSA) is 64.7 Å². The number of fused-ring (bicyclic) bond motifs is 7. The highest BCUT2D eigenvalue weighted by molar-refractivity contribution is 6.11. The zero-order valence-corrected chi connectivity index (χ0v) is 30.9. The van der Waals surface area contributed by atoms with Crippen molar-refractivity contribution in [1.29, 1.82) is 0 Å². The number of aromatic nitrogens is 4. The molecule has 0 fully saturated rings. The van der Waals surface area contributed by atoms with Crippen LogP contribution in [-0.2, 0) is 5.41 Å². The van der Waals surface area contributed by atoms with Gasteiger partial charge in [0, 0.05) is 33.1 Å². The van der Waals surface area contributed by atoms with Gasteiger partial charge in [0.1, 0.15) is 5.52 Å². The van der Waals surface area contributed by atoms with E-state index in [1.54, 1.807) is 0 Å². The minimum absolute atomic E-state index is 0.153. The van der Waals surface area contributed by atoms with E-state index in [2.05, 4.69) is 147 Å². The van der Waals surface area contributed by atoms with Crippen molar-refractivity contribution in [1.82, 2.24) is 19.9 Å². The molecular weight excluding hydrogens is 685 g/mol. The predicted molar refractivity (Wildman–Crippen MR) is 227 cm³/mol. The molecule has 0 bridgehead atoms. The smallest absolute Gasteiger partial charge is 0.227 e. The van der Waals surface area contributed by atoms with Crippen molar-refractivity contribution in [3.05, 3.63) is 181 Å². The third kappa shape index (κ3) is 5.01. The van der Waals surface area contributed by atoms with Gasteiger partial charge in [0.15, 0.2) is 23.1 Å². The quantitative estimate of drug-likeness (QED) is 0.177. The van der Waals surface area contributed by atoms with Gasteiger partial charge in [-0.2, -0.15) is 0 Å². The van der Waals surface area contributed by atoms with Crippen molar-refractivity contribution < 1.29 is 4.42 Å². The van der Waals surface area contributed by atoms with Crippen LogP contribution in [-0.4, -0.2) is 19.9 Å². The van der Waals surface area contributed by atoms with Gasteiger partial charge in [-0.3, -0.25) is 0 Å². The molecule has 1 aliphatic carbocycles. The monoisotopic (exact) mass is 718 g/mol. The fourth-order valence-electron chi connectivity index (χ4n) is 8.63. The highest BCUT2D eigenvalue weighted by atomic mass is 16.3. The van der Waals surface area contributed by atoms with Gasteiger partial charge in [-0.1, -0.05) is 159 Å². The average molecular weight is 719 g/mol. The maximum atomic E-state index is 6.54. The van der Waals surface area contributed by atoms with Gasteiger partial charge in [0.25, 0.3) is 0 Å². The molecule has 264 valence electrons. The molecule has 2 aromatic heterocycles. The van der Waals surface area contributed by atoms with Gasteiger partial charge < -0.3 is 4.42 Å². The molecule has 0 saturated heterocycles. The summed E-state index contributed by atoms with van der Waals surface area (Å²) in [5.74, 6) is 2.50. The van der Waals surface area contributed by atoms with Crippen molar-refractivity contribution >= 4 is 32.6 Å². The second-order valence-electron chi connectivity index (χ2n) is 15.0. The summed E-state index contributed by atoms with van der Waals surface area (Å²) < 4.78 is 6.54. The largest absolute Gasteiger partial charge is 0.435 e. The van der Waals surface area contributed by atoms with Gasteiger partial charge >= 0.3 is 0 Å². The zero-order chi connectivity index (χ0) is 37.4. The zero-order valence-electron chi connectivity index (χ0n) is 30.9. The first-order valence-corrected chi connectivity index (χ1v) is 19.0. The third-order valence-corrected chi connectivity index (χ3v) is 11.4. The van der Waals surface area contributed by atoms with E-state index in [0.717, 1.165) is 66.0 Å². The van der Waals surface area contributed by atoms with Gasteiger partial charge in [-0.25, -0.2) is 19.9 Å². The van der Waals surface area contributed by atoms with Crippen LogP contribution in [0.1, 0.15) is 25.0 Å². The van der Waals surface area contributed by atoms with Crippen molar-refractivity contribution in [2.45, 2.75) is 19.3 Å². The molecule has 56 heavy (non-hydrogen) atoms. The molecule has 0 unspecified atom stereocenters. The normalized spacial score (nSPS) is 13.0. The molecule has 0 aliphatic heterocycles. The lowest BCUT2D eigenvalue weighted by molar-refractivity contribution is 0.623. The van der Waals surface area contributed by atoms with E-state index >= 15 is 0 Å². The summed E-state index contributed by atoms with van der Waals surface area (Å²) >= 11 is 0. The summed E-state index contributed by atoms with van der Waals surface area (Å²) in [5.41, 5.74) is 12.3. The SMILES string of the molecule is CC1(C)c2ccccc2-c2c(-c3nc(-c4cccc(-c5cccc6ccc7nc(-c8ccccc8)oc7c56)c4)nc(-c4cccc5ccccc45)n3)cccc21. The molecule has 0 atom stereocenters. The van der Waals surface area contributed by atoms with Crippen molar-refractivity contribution in [2.75, 3.05) is 0 Å². The molecule has 11 rings (SSSR count). The lowest BCUT2D eigenvalue weighted by Crippen LogP contribution is -2.14. The van der Waals surface area contributed by atoms with E-state index in [-0.39, 0.29) is 5.41 Å². The van der Waals surface area contributed by atoms with Crippen LogP contribution in [0.3, 0.4) is 0 Å². The molecule has 5 heteroatoms. The first-order chi connectivity index (χ1) is 27.5. The van der Waals surface area contributed by atoms with Crippen LogP contribution in [0.5, 0.6) is 0 Å². The molecule has 8 aromatic carbocycles. The summed E-state index contributed by atoms with van der Waals surface area (Å²) in [5, 5.41) is 4.33. The van der Waals surface area contributed by atoms with Crippen LogP contribution in [0, 0.1) is 0 Å². The van der Waals surface area contributed by atoms with E-state index in [1.165, 1.54) is 22.3 Å². The molecule has 0 saturated carbocycles. The van der Waals surface area contributed by atoms with Gasteiger partial charge in [-0.05, 0) is 73.8 Å². The second-order valence-corrected chi connectivity index (χ2v) is 15.0.